The van der Waals surface area contributed by atoms with Crippen LogP contribution in [0.3, 0.4) is 0 Å². The molecule has 4 atom stereocenters. The lowest BCUT2D eigenvalue weighted by Gasteiger charge is -2.14. The molecule has 1 saturated heterocycles. The van der Waals surface area contributed by atoms with Crippen molar-refractivity contribution in [3.05, 3.63) is 30.6 Å². The summed E-state index contributed by atoms with van der Waals surface area (Å²) >= 11 is 0. The molecule has 1 aromatic heterocycles. The molecule has 2 fully saturated rings. The molecule has 1 aromatic rings. The average Bonchev–Trinajstić information content (AvgIpc) is 3.05. The molecule has 0 radical (unpaired) electrons. The van der Waals surface area contributed by atoms with Crippen LogP contribution in [0.15, 0.2) is 30.6 Å². The van der Waals surface area contributed by atoms with E-state index in [1.807, 2.05) is 0 Å². The molecule has 18 heavy (non-hydrogen) atoms. The molecule has 0 unspecified atom stereocenters. The standard InChI is InChI=1S/C13H11N3O2/c17-11-9-7-2-3-8(6-7)10(9)12(18)16(11)13-14-4-1-5-15-13/h1-5,7-10H,6H2/t7-,8+,9-,10+. The Bertz CT molecular complexity index is 539. The fourth-order valence-electron chi connectivity index (χ4n) is 3.51. The van der Waals surface area contributed by atoms with Crippen LogP contribution >= 0.6 is 0 Å². The number of nitrogens with zero attached hydrogens (tertiary/aromatic N) is 3. The topological polar surface area (TPSA) is 63.2 Å². The summed E-state index contributed by atoms with van der Waals surface area (Å²) in [5.41, 5.74) is 0. The molecule has 1 saturated carbocycles. The minimum Gasteiger partial charge on any atom is -0.274 e. The first kappa shape index (κ1) is 9.94. The SMILES string of the molecule is O=C1[C@@H]2[C@H](C(=O)N1c1ncccn1)[C@@H]1C=C[C@H]2C1. The molecule has 5 heteroatoms. The number of allylic oxidation sites excluding steroid dienone is 2. The van der Waals surface area contributed by atoms with Crippen molar-refractivity contribution in [3.8, 4) is 0 Å². The molecule has 90 valence electrons. The number of amides is 2. The molecule has 2 amide bonds. The largest absolute Gasteiger partial charge is 0.274 e. The molecule has 4 rings (SSSR count). The lowest BCUT2D eigenvalue weighted by Crippen LogP contribution is -2.34. The van der Waals surface area contributed by atoms with E-state index in [0.717, 1.165) is 6.42 Å². The minimum absolute atomic E-state index is 0.131. The van der Waals surface area contributed by atoms with Crippen LogP contribution in [0.4, 0.5) is 5.95 Å². The third-order valence-electron chi connectivity index (χ3n) is 4.22. The maximum atomic E-state index is 12.4. The number of aromatic nitrogens is 2. The number of anilines is 1. The van der Waals surface area contributed by atoms with E-state index in [0.29, 0.717) is 0 Å². The fourth-order valence-corrected chi connectivity index (χ4v) is 3.51. The molecule has 3 aliphatic rings. The molecule has 2 heterocycles. The summed E-state index contributed by atoms with van der Waals surface area (Å²) in [4.78, 5) is 34.0. The number of carbonyl (C=O) groups is 2. The Kier molecular flexibility index (Phi) is 1.79. The van der Waals surface area contributed by atoms with Gasteiger partial charge in [0.1, 0.15) is 0 Å². The van der Waals surface area contributed by atoms with E-state index >= 15 is 0 Å². The van der Waals surface area contributed by atoms with Crippen molar-refractivity contribution in [2.24, 2.45) is 23.7 Å². The van der Waals surface area contributed by atoms with Crippen molar-refractivity contribution in [1.29, 1.82) is 0 Å². The Hall–Kier alpha value is -2.04. The second-order valence-electron chi connectivity index (χ2n) is 5.06. The molecule has 2 aliphatic carbocycles. The second kappa shape index (κ2) is 3.25. The van der Waals surface area contributed by atoms with Gasteiger partial charge in [0.2, 0.25) is 17.8 Å². The number of rotatable bonds is 1. The third kappa shape index (κ3) is 1.06. The normalized spacial score (nSPS) is 36.6. The van der Waals surface area contributed by atoms with Gasteiger partial charge in [0.05, 0.1) is 11.8 Å². The highest BCUT2D eigenvalue weighted by molar-refractivity contribution is 6.21. The lowest BCUT2D eigenvalue weighted by molar-refractivity contribution is -0.123. The first-order valence-corrected chi connectivity index (χ1v) is 6.10. The van der Waals surface area contributed by atoms with E-state index in [9.17, 15) is 9.59 Å². The van der Waals surface area contributed by atoms with Crippen LogP contribution in [0.2, 0.25) is 0 Å². The van der Waals surface area contributed by atoms with Crippen molar-refractivity contribution < 1.29 is 9.59 Å². The maximum absolute atomic E-state index is 12.4. The molecule has 0 aromatic carbocycles. The van der Waals surface area contributed by atoms with Gasteiger partial charge in [-0.3, -0.25) is 9.59 Å². The van der Waals surface area contributed by atoms with E-state index in [1.165, 1.54) is 4.90 Å². The second-order valence-corrected chi connectivity index (χ2v) is 5.06. The number of hydrogen-bond donors (Lipinski definition) is 0. The minimum atomic E-state index is -0.184. The molecular formula is C13H11N3O2. The quantitative estimate of drug-likeness (QED) is 0.538. The third-order valence-corrected chi connectivity index (χ3v) is 4.22. The van der Waals surface area contributed by atoms with Gasteiger partial charge in [0.15, 0.2) is 0 Å². The van der Waals surface area contributed by atoms with Crippen molar-refractivity contribution in [1.82, 2.24) is 9.97 Å². The summed E-state index contributed by atoms with van der Waals surface area (Å²) < 4.78 is 0. The Morgan fingerprint density at radius 2 is 1.56 bits per heavy atom. The molecule has 0 spiro atoms. The van der Waals surface area contributed by atoms with E-state index in [4.69, 9.17) is 0 Å². The molecule has 2 bridgehead atoms. The maximum Gasteiger partial charge on any atom is 0.240 e. The van der Waals surface area contributed by atoms with Crippen LogP contribution in [0, 0.1) is 23.7 Å². The van der Waals surface area contributed by atoms with Gasteiger partial charge in [-0.15, -0.1) is 0 Å². The summed E-state index contributed by atoms with van der Waals surface area (Å²) in [6.45, 7) is 0. The smallest absolute Gasteiger partial charge is 0.240 e. The Morgan fingerprint density at radius 1 is 1.00 bits per heavy atom. The predicted octanol–water partition coefficient (Wildman–Crippen LogP) is 0.788. The highest BCUT2D eigenvalue weighted by atomic mass is 16.2. The average molecular weight is 241 g/mol. The summed E-state index contributed by atoms with van der Waals surface area (Å²) in [7, 11) is 0. The molecule has 1 aliphatic heterocycles. The van der Waals surface area contributed by atoms with Gasteiger partial charge >= 0.3 is 0 Å². The monoisotopic (exact) mass is 241 g/mol. The summed E-state index contributed by atoms with van der Waals surface area (Å²) in [6.07, 6.45) is 8.18. The zero-order valence-electron chi connectivity index (χ0n) is 9.56. The Morgan fingerprint density at radius 3 is 2.11 bits per heavy atom. The van der Waals surface area contributed by atoms with Gasteiger partial charge in [0, 0.05) is 12.4 Å². The number of hydrogen-bond acceptors (Lipinski definition) is 4. The van der Waals surface area contributed by atoms with Gasteiger partial charge in [-0.25, -0.2) is 14.9 Å². The first-order chi connectivity index (χ1) is 8.77. The molecule has 5 nitrogen and oxygen atoms in total. The van der Waals surface area contributed by atoms with Crippen LogP contribution in [-0.4, -0.2) is 21.8 Å². The zero-order chi connectivity index (χ0) is 12.3. The van der Waals surface area contributed by atoms with Crippen molar-refractivity contribution in [2.45, 2.75) is 6.42 Å². The van der Waals surface area contributed by atoms with Crippen LogP contribution in [0.1, 0.15) is 6.42 Å². The van der Waals surface area contributed by atoms with Gasteiger partial charge in [-0.2, -0.15) is 0 Å². The summed E-state index contributed by atoms with van der Waals surface area (Å²) in [5, 5.41) is 0. The predicted molar refractivity (Wildman–Crippen MR) is 62.2 cm³/mol. The van der Waals surface area contributed by atoms with E-state index in [-0.39, 0.29) is 41.4 Å². The van der Waals surface area contributed by atoms with E-state index < -0.39 is 0 Å². The fraction of sp³-hybridized carbons (Fsp3) is 0.385. The van der Waals surface area contributed by atoms with Crippen LogP contribution in [0.25, 0.3) is 0 Å². The first-order valence-electron chi connectivity index (χ1n) is 6.10. The van der Waals surface area contributed by atoms with Gasteiger partial charge in [0.25, 0.3) is 0 Å². The van der Waals surface area contributed by atoms with Gasteiger partial charge < -0.3 is 0 Å². The summed E-state index contributed by atoms with van der Waals surface area (Å²) in [5.74, 6) is 0.0327. The van der Waals surface area contributed by atoms with Crippen molar-refractivity contribution in [2.75, 3.05) is 4.90 Å². The van der Waals surface area contributed by atoms with Gasteiger partial charge in [-0.1, -0.05) is 12.2 Å². The number of fused-ring (bicyclic) bond motifs is 5. The van der Waals surface area contributed by atoms with Crippen molar-refractivity contribution in [3.63, 3.8) is 0 Å². The number of carbonyl (C=O) groups excluding carboxylic acids is 2. The lowest BCUT2D eigenvalue weighted by atomic mass is 9.85. The highest BCUT2D eigenvalue weighted by Crippen LogP contribution is 2.52. The summed E-state index contributed by atoms with van der Waals surface area (Å²) in [6, 6.07) is 1.67. The molecule has 0 N–H and O–H groups in total. The van der Waals surface area contributed by atoms with Crippen molar-refractivity contribution >= 4 is 17.8 Å². The molecular weight excluding hydrogens is 230 g/mol. The zero-order valence-corrected chi connectivity index (χ0v) is 9.56. The number of imide groups is 1. The van der Waals surface area contributed by atoms with Gasteiger partial charge in [-0.05, 0) is 24.3 Å². The van der Waals surface area contributed by atoms with Crippen LogP contribution < -0.4 is 4.90 Å². The Balaban J connectivity index is 1.77. The van der Waals surface area contributed by atoms with Crippen LogP contribution in [0.5, 0.6) is 0 Å². The van der Waals surface area contributed by atoms with E-state index in [1.54, 1.807) is 18.5 Å². The highest BCUT2D eigenvalue weighted by Gasteiger charge is 2.60. The van der Waals surface area contributed by atoms with E-state index in [2.05, 4.69) is 22.1 Å². The Labute approximate surface area is 104 Å². The van der Waals surface area contributed by atoms with Crippen LogP contribution in [-0.2, 0) is 9.59 Å².